The van der Waals surface area contributed by atoms with E-state index in [0.717, 1.165) is 17.8 Å². The first kappa shape index (κ1) is 14.7. The fourth-order valence-electron chi connectivity index (χ4n) is 4.02. The first-order valence-corrected chi connectivity index (χ1v) is 8.46. The molecule has 106 valence electrons. The van der Waals surface area contributed by atoms with E-state index in [1.807, 2.05) is 0 Å². The van der Waals surface area contributed by atoms with Gasteiger partial charge in [0.05, 0.1) is 0 Å². The van der Waals surface area contributed by atoms with Crippen molar-refractivity contribution in [3.8, 4) is 12.3 Å². The van der Waals surface area contributed by atoms with Crippen molar-refractivity contribution >= 4 is 0 Å². The summed E-state index contributed by atoms with van der Waals surface area (Å²) in [4.78, 5) is 0. The lowest BCUT2D eigenvalue weighted by molar-refractivity contribution is 0.168. The predicted molar refractivity (Wildman–Crippen MR) is 83.8 cm³/mol. The summed E-state index contributed by atoms with van der Waals surface area (Å²) in [5, 5.41) is 0. The largest absolute Gasteiger partial charge is 0.120 e. The van der Waals surface area contributed by atoms with Crippen LogP contribution in [0.3, 0.4) is 0 Å². The highest BCUT2D eigenvalue weighted by atomic mass is 14.3. The molecule has 2 aliphatic rings. The second-order valence-corrected chi connectivity index (χ2v) is 6.67. The maximum atomic E-state index is 5.55. The van der Waals surface area contributed by atoms with Gasteiger partial charge in [-0.2, -0.15) is 0 Å². The van der Waals surface area contributed by atoms with Crippen molar-refractivity contribution in [2.45, 2.75) is 71.1 Å². The molecule has 2 fully saturated rings. The minimum absolute atomic E-state index is 0.588. The molecule has 2 aliphatic carbocycles. The summed E-state index contributed by atoms with van der Waals surface area (Å²) in [5.74, 6) is 6.42. The molecular formula is C19H30. The van der Waals surface area contributed by atoms with Crippen molar-refractivity contribution in [2.75, 3.05) is 0 Å². The first-order valence-electron chi connectivity index (χ1n) is 8.46. The molecule has 0 aromatic rings. The number of hydrogen-bond donors (Lipinski definition) is 0. The Morgan fingerprint density at radius 3 is 2.05 bits per heavy atom. The highest BCUT2D eigenvalue weighted by Gasteiger charge is 2.29. The molecule has 0 spiro atoms. The average Bonchev–Trinajstić information content (AvgIpc) is 2.48. The molecule has 0 atom stereocenters. The highest BCUT2D eigenvalue weighted by Crippen LogP contribution is 2.41. The lowest BCUT2D eigenvalue weighted by Crippen LogP contribution is -2.25. The van der Waals surface area contributed by atoms with Gasteiger partial charge in [-0.05, 0) is 75.5 Å². The van der Waals surface area contributed by atoms with Crippen LogP contribution in [0.5, 0.6) is 0 Å². The van der Waals surface area contributed by atoms with E-state index in [-0.39, 0.29) is 0 Å². The Bertz CT molecular complexity index is 303. The van der Waals surface area contributed by atoms with Gasteiger partial charge in [0.2, 0.25) is 0 Å². The highest BCUT2D eigenvalue weighted by molar-refractivity contribution is 4.97. The Kier molecular flexibility index (Phi) is 6.02. The topological polar surface area (TPSA) is 0 Å². The Morgan fingerprint density at radius 2 is 1.53 bits per heavy atom. The van der Waals surface area contributed by atoms with Crippen LogP contribution in [0, 0.1) is 36.0 Å². The average molecular weight is 258 g/mol. The molecule has 19 heavy (non-hydrogen) atoms. The van der Waals surface area contributed by atoms with Gasteiger partial charge < -0.3 is 0 Å². The van der Waals surface area contributed by atoms with Crippen LogP contribution in [-0.2, 0) is 0 Å². The molecule has 2 rings (SSSR count). The summed E-state index contributed by atoms with van der Waals surface area (Å²) in [6.07, 6.45) is 24.2. The molecule has 0 aromatic heterocycles. The van der Waals surface area contributed by atoms with Crippen LogP contribution in [-0.4, -0.2) is 0 Å². The van der Waals surface area contributed by atoms with Crippen LogP contribution in [0.25, 0.3) is 0 Å². The van der Waals surface area contributed by atoms with Gasteiger partial charge in [-0.25, -0.2) is 0 Å². The van der Waals surface area contributed by atoms with E-state index in [9.17, 15) is 0 Å². The van der Waals surface area contributed by atoms with E-state index in [1.54, 1.807) is 0 Å². The molecule has 0 radical (unpaired) electrons. The zero-order valence-electron chi connectivity index (χ0n) is 12.6. The molecule has 0 heteroatoms. The SMILES string of the molecule is C#CC1CCC(C2CCC(C=CCCC)CC2)CC1. The minimum Gasteiger partial charge on any atom is -0.120 e. The van der Waals surface area contributed by atoms with Crippen LogP contribution in [0.15, 0.2) is 12.2 Å². The zero-order valence-corrected chi connectivity index (χ0v) is 12.6. The fourth-order valence-corrected chi connectivity index (χ4v) is 4.02. The monoisotopic (exact) mass is 258 g/mol. The van der Waals surface area contributed by atoms with Crippen LogP contribution in [0.1, 0.15) is 71.1 Å². The Balaban J connectivity index is 1.70. The van der Waals surface area contributed by atoms with Crippen LogP contribution in [0.2, 0.25) is 0 Å². The van der Waals surface area contributed by atoms with E-state index < -0.39 is 0 Å². The van der Waals surface area contributed by atoms with Gasteiger partial charge in [-0.15, -0.1) is 12.3 Å². The second-order valence-electron chi connectivity index (χ2n) is 6.67. The normalized spacial score (nSPS) is 36.2. The number of unbranched alkanes of at least 4 members (excludes halogenated alkanes) is 1. The summed E-state index contributed by atoms with van der Waals surface area (Å²) in [6, 6.07) is 0. The van der Waals surface area contributed by atoms with Crippen LogP contribution in [0.4, 0.5) is 0 Å². The molecule has 0 N–H and O–H groups in total. The van der Waals surface area contributed by atoms with Gasteiger partial charge in [0, 0.05) is 5.92 Å². The van der Waals surface area contributed by atoms with Gasteiger partial charge in [-0.3, -0.25) is 0 Å². The van der Waals surface area contributed by atoms with E-state index in [0.29, 0.717) is 5.92 Å². The molecule has 0 aliphatic heterocycles. The maximum Gasteiger partial charge on any atom is 0.0200 e. The van der Waals surface area contributed by atoms with Crippen LogP contribution < -0.4 is 0 Å². The van der Waals surface area contributed by atoms with Gasteiger partial charge in [0.25, 0.3) is 0 Å². The third-order valence-corrected chi connectivity index (χ3v) is 5.35. The maximum absolute atomic E-state index is 5.55. The molecule has 0 nitrogen and oxygen atoms in total. The Labute approximate surface area is 120 Å². The van der Waals surface area contributed by atoms with Crippen molar-refractivity contribution in [1.82, 2.24) is 0 Å². The number of hydrogen-bond acceptors (Lipinski definition) is 0. The Hall–Kier alpha value is -0.700. The van der Waals surface area contributed by atoms with Gasteiger partial charge in [0.15, 0.2) is 0 Å². The zero-order chi connectivity index (χ0) is 13.5. The van der Waals surface area contributed by atoms with E-state index in [1.165, 1.54) is 64.2 Å². The van der Waals surface area contributed by atoms with Gasteiger partial charge in [-0.1, -0.05) is 25.5 Å². The molecule has 0 amide bonds. The predicted octanol–water partition coefficient (Wildman–Crippen LogP) is 5.59. The van der Waals surface area contributed by atoms with Crippen molar-refractivity contribution in [1.29, 1.82) is 0 Å². The summed E-state index contributed by atoms with van der Waals surface area (Å²) in [5.41, 5.74) is 0. The number of allylic oxidation sites excluding steroid dienone is 2. The summed E-state index contributed by atoms with van der Waals surface area (Å²) < 4.78 is 0. The number of rotatable bonds is 4. The van der Waals surface area contributed by atoms with Crippen molar-refractivity contribution in [3.63, 3.8) is 0 Å². The summed E-state index contributed by atoms with van der Waals surface area (Å²) in [6.45, 7) is 2.26. The van der Waals surface area contributed by atoms with Crippen molar-refractivity contribution in [2.24, 2.45) is 23.7 Å². The lowest BCUT2D eigenvalue weighted by atomic mass is 9.69. The molecule has 0 unspecified atom stereocenters. The third kappa shape index (κ3) is 4.41. The van der Waals surface area contributed by atoms with Crippen molar-refractivity contribution < 1.29 is 0 Å². The molecule has 2 saturated carbocycles. The third-order valence-electron chi connectivity index (χ3n) is 5.35. The minimum atomic E-state index is 0.588. The van der Waals surface area contributed by atoms with Gasteiger partial charge in [0.1, 0.15) is 0 Å². The summed E-state index contributed by atoms with van der Waals surface area (Å²) in [7, 11) is 0. The smallest absolute Gasteiger partial charge is 0.0200 e. The molecule has 0 saturated heterocycles. The quantitative estimate of drug-likeness (QED) is 0.455. The van der Waals surface area contributed by atoms with E-state index >= 15 is 0 Å². The number of terminal acetylenes is 1. The fraction of sp³-hybridized carbons (Fsp3) is 0.789. The molecule has 0 bridgehead atoms. The summed E-state index contributed by atoms with van der Waals surface area (Å²) >= 11 is 0. The second kappa shape index (κ2) is 7.78. The van der Waals surface area contributed by atoms with Crippen LogP contribution >= 0.6 is 0 Å². The van der Waals surface area contributed by atoms with Crippen molar-refractivity contribution in [3.05, 3.63) is 12.2 Å². The van der Waals surface area contributed by atoms with Gasteiger partial charge >= 0.3 is 0 Å². The standard InChI is InChI=1S/C19H30/c1-3-5-6-7-17-10-14-19(15-11-17)18-12-8-16(4-2)9-13-18/h2,6-7,16-19H,3,5,8-15H2,1H3. The molecule has 0 aromatic carbocycles. The first-order chi connectivity index (χ1) is 9.33. The molecular weight excluding hydrogens is 228 g/mol. The lowest BCUT2D eigenvalue weighted by Gasteiger charge is -2.36. The Morgan fingerprint density at radius 1 is 0.947 bits per heavy atom. The molecule has 0 heterocycles. The van der Waals surface area contributed by atoms with E-state index in [4.69, 9.17) is 6.42 Å². The van der Waals surface area contributed by atoms with E-state index in [2.05, 4.69) is 25.0 Å².